The van der Waals surface area contributed by atoms with Gasteiger partial charge < -0.3 is 9.84 Å². The molecular formula is C25H31N3O4S. The number of fused-ring (bicyclic) bond motifs is 1. The lowest BCUT2D eigenvalue weighted by molar-refractivity contribution is -0.122. The van der Waals surface area contributed by atoms with Crippen molar-refractivity contribution in [3.8, 4) is 0 Å². The van der Waals surface area contributed by atoms with Crippen LogP contribution >= 0.6 is 0 Å². The van der Waals surface area contributed by atoms with E-state index in [-0.39, 0.29) is 22.6 Å². The first-order valence-electron chi connectivity index (χ1n) is 11.5. The highest BCUT2D eigenvalue weighted by molar-refractivity contribution is 7.89. The third kappa shape index (κ3) is 4.82. The standard InChI is InChI=1S/C25H31N3O4S/c1-4-19-16-28(33(30,31)25-17(2)27-32-18(25)3)13-12-21(19)14-24(29)26-15-22-10-7-9-20-8-5-6-11-23(20)22/h5-11,19,21H,4,12-16H2,1-3H3,(H,26,29)/t19-,21-/m0/s1. The van der Waals surface area contributed by atoms with Crippen LogP contribution in [-0.4, -0.2) is 36.9 Å². The van der Waals surface area contributed by atoms with Gasteiger partial charge in [-0.05, 0) is 48.4 Å². The number of hydrogen-bond donors (Lipinski definition) is 1. The molecule has 7 nitrogen and oxygen atoms in total. The Hall–Kier alpha value is -2.71. The Labute approximate surface area is 195 Å². The molecule has 1 N–H and O–H groups in total. The molecular weight excluding hydrogens is 438 g/mol. The van der Waals surface area contributed by atoms with E-state index in [1.165, 1.54) is 4.31 Å². The molecule has 0 aliphatic carbocycles. The third-order valence-corrected chi connectivity index (χ3v) is 8.86. The molecule has 0 unspecified atom stereocenters. The maximum Gasteiger partial charge on any atom is 0.248 e. The van der Waals surface area contributed by atoms with Gasteiger partial charge in [-0.2, -0.15) is 4.31 Å². The van der Waals surface area contributed by atoms with Crippen LogP contribution in [0.2, 0.25) is 0 Å². The lowest BCUT2D eigenvalue weighted by atomic mass is 9.82. The van der Waals surface area contributed by atoms with E-state index >= 15 is 0 Å². The minimum atomic E-state index is -3.67. The summed E-state index contributed by atoms with van der Waals surface area (Å²) in [7, 11) is -3.67. The van der Waals surface area contributed by atoms with Crippen molar-refractivity contribution in [3.05, 3.63) is 59.5 Å². The molecule has 1 aliphatic rings. The topological polar surface area (TPSA) is 92.5 Å². The van der Waals surface area contributed by atoms with Gasteiger partial charge in [0.15, 0.2) is 5.76 Å². The van der Waals surface area contributed by atoms with E-state index in [2.05, 4.69) is 35.6 Å². The molecule has 1 aliphatic heterocycles. The Bertz CT molecular complexity index is 1230. The largest absolute Gasteiger partial charge is 0.360 e. The molecule has 0 spiro atoms. The molecule has 8 heteroatoms. The molecule has 0 bridgehead atoms. The van der Waals surface area contributed by atoms with Gasteiger partial charge in [0.05, 0.1) is 0 Å². The number of aromatic nitrogens is 1. The number of piperidine rings is 1. The highest BCUT2D eigenvalue weighted by Crippen LogP contribution is 2.33. The molecule has 0 radical (unpaired) electrons. The van der Waals surface area contributed by atoms with Crippen LogP contribution in [0, 0.1) is 25.7 Å². The summed E-state index contributed by atoms with van der Waals surface area (Å²) in [6.07, 6.45) is 1.88. The number of rotatable bonds is 7. The van der Waals surface area contributed by atoms with Crippen LogP contribution in [0.15, 0.2) is 51.9 Å². The van der Waals surface area contributed by atoms with Crippen LogP contribution in [0.25, 0.3) is 10.8 Å². The number of nitrogens with one attached hydrogen (secondary N) is 1. The minimum absolute atomic E-state index is 0.00779. The molecule has 1 fully saturated rings. The first-order chi connectivity index (χ1) is 15.8. The first-order valence-corrected chi connectivity index (χ1v) is 12.9. The minimum Gasteiger partial charge on any atom is -0.360 e. The van der Waals surface area contributed by atoms with Crippen molar-refractivity contribution in [3.63, 3.8) is 0 Å². The summed E-state index contributed by atoms with van der Waals surface area (Å²) in [5, 5.41) is 9.17. The first kappa shape index (κ1) is 23.4. The van der Waals surface area contributed by atoms with Crippen molar-refractivity contribution in [2.24, 2.45) is 11.8 Å². The molecule has 176 valence electrons. The Morgan fingerprint density at radius 2 is 1.91 bits per heavy atom. The van der Waals surface area contributed by atoms with Crippen molar-refractivity contribution in [1.82, 2.24) is 14.8 Å². The molecule has 2 atom stereocenters. The predicted octanol–water partition coefficient (Wildman–Crippen LogP) is 4.19. The average molecular weight is 470 g/mol. The highest BCUT2D eigenvalue weighted by Gasteiger charge is 2.38. The molecule has 2 aromatic carbocycles. The Morgan fingerprint density at radius 1 is 1.15 bits per heavy atom. The number of nitrogens with zero attached hydrogens (tertiary/aromatic N) is 2. The third-order valence-electron chi connectivity index (χ3n) is 6.75. The van der Waals surface area contributed by atoms with Gasteiger partial charge in [0.25, 0.3) is 0 Å². The van der Waals surface area contributed by atoms with Gasteiger partial charge >= 0.3 is 0 Å². The van der Waals surface area contributed by atoms with E-state index in [4.69, 9.17) is 4.52 Å². The molecule has 3 aromatic rings. The summed E-state index contributed by atoms with van der Waals surface area (Å²) in [4.78, 5) is 12.9. The zero-order valence-electron chi connectivity index (χ0n) is 19.4. The number of hydrogen-bond acceptors (Lipinski definition) is 5. The van der Waals surface area contributed by atoms with Crippen LogP contribution in [0.3, 0.4) is 0 Å². The van der Waals surface area contributed by atoms with Gasteiger partial charge in [-0.25, -0.2) is 8.42 Å². The van der Waals surface area contributed by atoms with E-state index in [1.807, 2.05) is 24.3 Å². The van der Waals surface area contributed by atoms with E-state index in [1.54, 1.807) is 13.8 Å². The number of aryl methyl sites for hydroxylation is 2. The van der Waals surface area contributed by atoms with Crippen LogP contribution in [0.5, 0.6) is 0 Å². The van der Waals surface area contributed by atoms with Crippen molar-refractivity contribution in [2.45, 2.75) is 51.5 Å². The molecule has 1 saturated heterocycles. The smallest absolute Gasteiger partial charge is 0.248 e. The normalized spacial score (nSPS) is 19.6. The summed E-state index contributed by atoms with van der Waals surface area (Å²) < 4.78 is 33.0. The fourth-order valence-electron chi connectivity index (χ4n) is 4.92. The second-order valence-electron chi connectivity index (χ2n) is 8.85. The van der Waals surface area contributed by atoms with Crippen molar-refractivity contribution < 1.29 is 17.7 Å². The Morgan fingerprint density at radius 3 is 2.64 bits per heavy atom. The van der Waals surface area contributed by atoms with Crippen molar-refractivity contribution in [2.75, 3.05) is 13.1 Å². The van der Waals surface area contributed by atoms with Gasteiger partial charge in [-0.15, -0.1) is 0 Å². The number of carbonyl (C=O) groups is 1. The summed E-state index contributed by atoms with van der Waals surface area (Å²) in [5.41, 5.74) is 1.48. The second-order valence-corrected chi connectivity index (χ2v) is 10.7. The quantitative estimate of drug-likeness (QED) is 0.560. The molecule has 2 heterocycles. The highest BCUT2D eigenvalue weighted by atomic mass is 32.2. The zero-order chi connectivity index (χ0) is 23.6. The van der Waals surface area contributed by atoms with Crippen molar-refractivity contribution >= 4 is 26.7 Å². The lowest BCUT2D eigenvalue weighted by Gasteiger charge is -2.37. The maximum absolute atomic E-state index is 13.2. The van der Waals surface area contributed by atoms with E-state index < -0.39 is 10.0 Å². The van der Waals surface area contributed by atoms with Gasteiger partial charge in [0, 0.05) is 26.1 Å². The van der Waals surface area contributed by atoms with Gasteiger partial charge in [-0.3, -0.25) is 4.79 Å². The van der Waals surface area contributed by atoms with Gasteiger partial charge in [0.2, 0.25) is 15.9 Å². The fraction of sp³-hybridized carbons (Fsp3) is 0.440. The maximum atomic E-state index is 13.2. The van der Waals surface area contributed by atoms with Crippen LogP contribution in [0.4, 0.5) is 0 Å². The molecule has 0 saturated carbocycles. The summed E-state index contributed by atoms with van der Waals surface area (Å²) >= 11 is 0. The molecule has 4 rings (SSSR count). The number of sulfonamides is 1. The number of amides is 1. The van der Waals surface area contributed by atoms with Crippen LogP contribution in [0.1, 0.15) is 43.2 Å². The lowest BCUT2D eigenvalue weighted by Crippen LogP contribution is -2.45. The van der Waals surface area contributed by atoms with Crippen molar-refractivity contribution in [1.29, 1.82) is 0 Å². The number of carbonyl (C=O) groups excluding carboxylic acids is 1. The molecule has 1 aromatic heterocycles. The summed E-state index contributed by atoms with van der Waals surface area (Å²) in [5.74, 6) is 0.597. The Kier molecular flexibility index (Phi) is 6.86. The predicted molar refractivity (Wildman–Crippen MR) is 127 cm³/mol. The molecule has 33 heavy (non-hydrogen) atoms. The SMILES string of the molecule is CC[C@H]1CN(S(=O)(=O)c2c(C)noc2C)CC[C@H]1CC(=O)NCc1cccc2ccccc12. The summed E-state index contributed by atoms with van der Waals surface area (Å²) in [6, 6.07) is 14.3. The Balaban J connectivity index is 1.39. The monoisotopic (exact) mass is 469 g/mol. The molecule has 1 amide bonds. The van der Waals surface area contributed by atoms with Crippen LogP contribution < -0.4 is 5.32 Å². The zero-order valence-corrected chi connectivity index (χ0v) is 20.2. The van der Waals surface area contributed by atoms with E-state index in [0.717, 1.165) is 22.8 Å². The van der Waals surface area contributed by atoms with Gasteiger partial charge in [-0.1, -0.05) is 61.0 Å². The summed E-state index contributed by atoms with van der Waals surface area (Å²) in [6.45, 7) is 6.60. The van der Waals surface area contributed by atoms with Gasteiger partial charge in [0.1, 0.15) is 10.6 Å². The van der Waals surface area contributed by atoms with E-state index in [9.17, 15) is 13.2 Å². The van der Waals surface area contributed by atoms with Crippen LogP contribution in [-0.2, 0) is 21.4 Å². The average Bonchev–Trinajstić information content (AvgIpc) is 3.16. The fourth-order valence-corrected chi connectivity index (χ4v) is 6.72. The van der Waals surface area contributed by atoms with E-state index in [0.29, 0.717) is 43.9 Å². The second kappa shape index (κ2) is 9.65. The number of benzene rings is 2.